The van der Waals surface area contributed by atoms with E-state index >= 15 is 0 Å². The van der Waals surface area contributed by atoms with Crippen molar-refractivity contribution >= 4 is 35.4 Å². The van der Waals surface area contributed by atoms with Crippen LogP contribution >= 0.6 is 11.6 Å². The van der Waals surface area contributed by atoms with Crippen LogP contribution in [0.25, 0.3) is 0 Å². The molecule has 174 valence electrons. The molecule has 3 aromatic carbocycles. The summed E-state index contributed by atoms with van der Waals surface area (Å²) in [6.45, 7) is 0. The Morgan fingerprint density at radius 3 is 2.44 bits per heavy atom. The van der Waals surface area contributed by atoms with Crippen molar-refractivity contribution in [3.63, 3.8) is 0 Å². The van der Waals surface area contributed by atoms with E-state index in [1.807, 2.05) is 0 Å². The fourth-order valence-corrected chi connectivity index (χ4v) is 3.90. The fraction of sp³-hybridized carbons (Fsp3) is 0.0870. The molecule has 0 aromatic heterocycles. The van der Waals surface area contributed by atoms with Gasteiger partial charge in [0.05, 0.1) is 11.6 Å². The molecule has 0 fully saturated rings. The van der Waals surface area contributed by atoms with Gasteiger partial charge in [-0.25, -0.2) is 8.78 Å². The zero-order chi connectivity index (χ0) is 24.8. The van der Waals surface area contributed by atoms with E-state index in [-0.39, 0.29) is 39.0 Å². The minimum absolute atomic E-state index is 0.0228. The molecule has 1 aliphatic heterocycles. The van der Waals surface area contributed by atoms with Gasteiger partial charge in [0.1, 0.15) is 17.9 Å². The first kappa shape index (κ1) is 23.4. The van der Waals surface area contributed by atoms with E-state index in [2.05, 4.69) is 10.6 Å². The average molecular weight is 495 g/mol. The summed E-state index contributed by atoms with van der Waals surface area (Å²) < 4.78 is 66.8. The molecule has 0 aliphatic carbocycles. The summed E-state index contributed by atoms with van der Waals surface area (Å²) in [6, 6.07) is 6.14. The minimum Gasteiger partial charge on any atom is -0.341 e. The van der Waals surface area contributed by atoms with Gasteiger partial charge >= 0.3 is 6.18 Å². The Bertz CT molecular complexity index is 1360. The molecule has 34 heavy (non-hydrogen) atoms. The molecule has 1 aliphatic rings. The van der Waals surface area contributed by atoms with E-state index in [0.29, 0.717) is 18.4 Å². The lowest BCUT2D eigenvalue weighted by atomic mass is 9.94. The first-order chi connectivity index (χ1) is 16.0. The molecule has 0 saturated carbocycles. The average Bonchev–Trinajstić information content (AvgIpc) is 3.10. The second-order valence-electron chi connectivity index (χ2n) is 7.40. The van der Waals surface area contributed by atoms with Crippen LogP contribution in [-0.4, -0.2) is 18.1 Å². The summed E-state index contributed by atoms with van der Waals surface area (Å²) >= 11 is 6.17. The van der Waals surface area contributed by atoms with Crippen molar-refractivity contribution < 1.29 is 36.3 Å². The van der Waals surface area contributed by atoms with Crippen LogP contribution in [0.1, 0.15) is 53.8 Å². The van der Waals surface area contributed by atoms with Crippen molar-refractivity contribution in [2.24, 2.45) is 0 Å². The highest BCUT2D eigenvalue weighted by Gasteiger charge is 2.35. The number of carbonyl (C=O) groups is 3. The SMILES string of the molecule is O=Cc1cc(NC(=O)c2cc(F)cc(C(F)(F)F)c2)c2c(c1)C(=O)NC2c1cc(F)ccc1Cl. The quantitative estimate of drug-likeness (QED) is 0.370. The van der Waals surface area contributed by atoms with Crippen molar-refractivity contribution in [2.45, 2.75) is 12.2 Å². The Kier molecular flexibility index (Phi) is 5.86. The number of fused-ring (bicyclic) bond motifs is 1. The second kappa shape index (κ2) is 8.53. The summed E-state index contributed by atoms with van der Waals surface area (Å²) in [5.74, 6) is -3.71. The molecule has 11 heteroatoms. The molecule has 0 bridgehead atoms. The van der Waals surface area contributed by atoms with Crippen LogP contribution in [0.15, 0.2) is 48.5 Å². The van der Waals surface area contributed by atoms with Gasteiger partial charge in [-0.1, -0.05) is 11.6 Å². The fourth-order valence-electron chi connectivity index (χ4n) is 3.67. The van der Waals surface area contributed by atoms with Crippen LogP contribution in [0.4, 0.5) is 27.6 Å². The Labute approximate surface area is 193 Å². The van der Waals surface area contributed by atoms with E-state index in [1.165, 1.54) is 18.2 Å². The maximum absolute atomic E-state index is 13.9. The predicted octanol–water partition coefficient (Wildman–Crippen LogP) is 5.53. The highest BCUT2D eigenvalue weighted by molar-refractivity contribution is 6.31. The monoisotopic (exact) mass is 494 g/mol. The lowest BCUT2D eigenvalue weighted by Gasteiger charge is -2.18. The van der Waals surface area contributed by atoms with Gasteiger partial charge in [0, 0.05) is 38.5 Å². The molecule has 2 N–H and O–H groups in total. The summed E-state index contributed by atoms with van der Waals surface area (Å²) in [7, 11) is 0. The van der Waals surface area contributed by atoms with Gasteiger partial charge < -0.3 is 10.6 Å². The highest BCUT2D eigenvalue weighted by atomic mass is 35.5. The molecule has 0 spiro atoms. The number of anilines is 1. The summed E-state index contributed by atoms with van der Waals surface area (Å²) in [6.07, 6.45) is -4.50. The van der Waals surface area contributed by atoms with Gasteiger partial charge in [0.25, 0.3) is 11.8 Å². The lowest BCUT2D eigenvalue weighted by molar-refractivity contribution is -0.137. The van der Waals surface area contributed by atoms with Crippen molar-refractivity contribution in [1.82, 2.24) is 5.32 Å². The van der Waals surface area contributed by atoms with Gasteiger partial charge in [0.15, 0.2) is 0 Å². The molecule has 1 heterocycles. The third-order valence-electron chi connectivity index (χ3n) is 5.15. The van der Waals surface area contributed by atoms with Crippen molar-refractivity contribution in [2.75, 3.05) is 5.32 Å². The molecule has 5 nitrogen and oxygen atoms in total. The number of alkyl halides is 3. The standard InChI is InChI=1S/C23H12ClF5N2O3/c24-17-2-1-13(25)8-15(17)20-19-16(22(34)31-20)3-10(9-32)4-18(19)30-21(33)11-5-12(23(27,28)29)7-14(26)6-11/h1-9,20H,(H,30,33)(H,31,34). The molecule has 0 saturated heterocycles. The smallest absolute Gasteiger partial charge is 0.341 e. The molecule has 1 unspecified atom stereocenters. The third kappa shape index (κ3) is 4.36. The summed E-state index contributed by atoms with van der Waals surface area (Å²) in [4.78, 5) is 36.7. The van der Waals surface area contributed by atoms with E-state index in [9.17, 15) is 36.3 Å². The maximum Gasteiger partial charge on any atom is 0.416 e. The number of hydrogen-bond donors (Lipinski definition) is 2. The zero-order valence-corrected chi connectivity index (χ0v) is 17.5. The number of benzene rings is 3. The number of amides is 2. The van der Waals surface area contributed by atoms with Gasteiger partial charge in [-0.3, -0.25) is 14.4 Å². The van der Waals surface area contributed by atoms with Crippen LogP contribution in [0.2, 0.25) is 5.02 Å². The number of carbonyl (C=O) groups excluding carboxylic acids is 3. The van der Waals surface area contributed by atoms with E-state index in [0.717, 1.165) is 12.1 Å². The summed E-state index contributed by atoms with van der Waals surface area (Å²) in [5.41, 5.74) is -1.92. The molecule has 1 atom stereocenters. The predicted molar refractivity (Wildman–Crippen MR) is 112 cm³/mol. The van der Waals surface area contributed by atoms with E-state index in [1.54, 1.807) is 0 Å². The van der Waals surface area contributed by atoms with Crippen LogP contribution < -0.4 is 10.6 Å². The number of nitrogens with one attached hydrogen (secondary N) is 2. The second-order valence-corrected chi connectivity index (χ2v) is 7.81. The summed E-state index contributed by atoms with van der Waals surface area (Å²) in [5, 5.41) is 5.01. The number of rotatable bonds is 4. The highest BCUT2D eigenvalue weighted by Crippen LogP contribution is 2.40. The first-order valence-corrected chi connectivity index (χ1v) is 9.94. The van der Waals surface area contributed by atoms with E-state index < -0.39 is 46.8 Å². The number of aldehydes is 1. The third-order valence-corrected chi connectivity index (χ3v) is 5.50. The van der Waals surface area contributed by atoms with Crippen LogP contribution in [-0.2, 0) is 6.18 Å². The van der Waals surface area contributed by atoms with Gasteiger partial charge in [-0.15, -0.1) is 0 Å². The Morgan fingerprint density at radius 2 is 1.76 bits per heavy atom. The normalized spacial score (nSPS) is 15.0. The van der Waals surface area contributed by atoms with Crippen LogP contribution in [0.5, 0.6) is 0 Å². The van der Waals surface area contributed by atoms with Gasteiger partial charge in [-0.2, -0.15) is 13.2 Å². The zero-order valence-electron chi connectivity index (χ0n) is 16.8. The van der Waals surface area contributed by atoms with Gasteiger partial charge in [0.2, 0.25) is 0 Å². The Morgan fingerprint density at radius 1 is 1.03 bits per heavy atom. The van der Waals surface area contributed by atoms with Crippen molar-refractivity contribution in [3.8, 4) is 0 Å². The Hall–Kier alpha value is -3.79. The molecule has 2 amide bonds. The lowest BCUT2D eigenvalue weighted by Crippen LogP contribution is -2.21. The van der Waals surface area contributed by atoms with Gasteiger partial charge in [-0.05, 0) is 48.5 Å². The van der Waals surface area contributed by atoms with Crippen LogP contribution in [0, 0.1) is 11.6 Å². The van der Waals surface area contributed by atoms with Crippen LogP contribution in [0.3, 0.4) is 0 Å². The molecule has 0 radical (unpaired) electrons. The largest absolute Gasteiger partial charge is 0.416 e. The molecule has 3 aromatic rings. The maximum atomic E-state index is 13.9. The minimum atomic E-state index is -4.90. The molecular formula is C23H12ClF5N2O3. The van der Waals surface area contributed by atoms with Crippen molar-refractivity contribution in [3.05, 3.63) is 98.6 Å². The number of hydrogen-bond acceptors (Lipinski definition) is 3. The number of halogens is 6. The van der Waals surface area contributed by atoms with Crippen molar-refractivity contribution in [1.29, 1.82) is 0 Å². The Balaban J connectivity index is 1.82. The topological polar surface area (TPSA) is 75.3 Å². The first-order valence-electron chi connectivity index (χ1n) is 9.56. The molecular weight excluding hydrogens is 483 g/mol. The van der Waals surface area contributed by atoms with E-state index in [4.69, 9.17) is 11.6 Å². The molecule has 4 rings (SSSR count).